The van der Waals surface area contributed by atoms with Gasteiger partial charge in [0.25, 0.3) is 0 Å². The lowest BCUT2D eigenvalue weighted by Crippen LogP contribution is -2.66. The van der Waals surface area contributed by atoms with E-state index in [9.17, 15) is 19.2 Å². The molecule has 0 aromatic rings. The highest BCUT2D eigenvalue weighted by atomic mass is 16.4. The molecular weight excluding hydrogens is 282 g/mol. The molecule has 3 N–H and O–H groups in total. The molecule has 9 heteroatoms. The van der Waals surface area contributed by atoms with Crippen molar-refractivity contribution in [1.29, 1.82) is 0 Å². The maximum Gasteiger partial charge on any atom is 0.326 e. The van der Waals surface area contributed by atoms with Gasteiger partial charge in [0.15, 0.2) is 0 Å². The van der Waals surface area contributed by atoms with E-state index in [1.165, 1.54) is 9.80 Å². The Morgan fingerprint density at radius 3 is 2.33 bits per heavy atom. The molecule has 1 fully saturated rings. The second-order valence-electron chi connectivity index (χ2n) is 5.38. The standard InChI is InChI=1S/C12H19N3O6/c1-12(2)10(20)14(3)4-5-15(12)11(21)13-7(9(18)19)6-8(16)17/h7H,4-6H2,1-3H3,(H,13,21)(H,16,17)(H,18,19). The lowest BCUT2D eigenvalue weighted by atomic mass is 9.98. The van der Waals surface area contributed by atoms with Crippen LogP contribution in [0, 0.1) is 0 Å². The van der Waals surface area contributed by atoms with Gasteiger partial charge < -0.3 is 25.3 Å². The average molecular weight is 301 g/mol. The molecule has 9 nitrogen and oxygen atoms in total. The molecule has 1 aliphatic heterocycles. The zero-order valence-electron chi connectivity index (χ0n) is 12.1. The van der Waals surface area contributed by atoms with Gasteiger partial charge in [-0.2, -0.15) is 0 Å². The Morgan fingerprint density at radius 2 is 1.86 bits per heavy atom. The lowest BCUT2D eigenvalue weighted by Gasteiger charge is -2.44. The highest BCUT2D eigenvalue weighted by Crippen LogP contribution is 2.21. The number of hydrogen-bond donors (Lipinski definition) is 3. The molecule has 1 heterocycles. The molecule has 3 amide bonds. The number of rotatable bonds is 4. The number of urea groups is 1. The van der Waals surface area contributed by atoms with E-state index in [1.807, 2.05) is 0 Å². The molecular formula is C12H19N3O6. The molecule has 1 saturated heterocycles. The van der Waals surface area contributed by atoms with Crippen LogP contribution in [0.4, 0.5) is 4.79 Å². The van der Waals surface area contributed by atoms with E-state index in [-0.39, 0.29) is 12.5 Å². The Hall–Kier alpha value is -2.32. The Morgan fingerprint density at radius 1 is 1.29 bits per heavy atom. The number of carboxylic acid groups (broad SMARTS) is 2. The van der Waals surface area contributed by atoms with Crippen LogP contribution in [0.25, 0.3) is 0 Å². The normalized spacial score (nSPS) is 19.1. The molecule has 0 spiro atoms. The number of carbonyl (C=O) groups is 4. The van der Waals surface area contributed by atoms with Gasteiger partial charge in [0, 0.05) is 20.1 Å². The Kier molecular flexibility index (Phi) is 4.77. The fourth-order valence-electron chi connectivity index (χ4n) is 2.17. The predicted molar refractivity (Wildman–Crippen MR) is 70.6 cm³/mol. The van der Waals surface area contributed by atoms with Gasteiger partial charge in [0.1, 0.15) is 11.6 Å². The van der Waals surface area contributed by atoms with Crippen LogP contribution in [0.15, 0.2) is 0 Å². The van der Waals surface area contributed by atoms with Crippen LogP contribution in [0.3, 0.4) is 0 Å². The maximum absolute atomic E-state index is 12.2. The van der Waals surface area contributed by atoms with Gasteiger partial charge in [-0.1, -0.05) is 0 Å². The maximum atomic E-state index is 12.2. The van der Waals surface area contributed by atoms with Crippen LogP contribution in [0.1, 0.15) is 20.3 Å². The molecule has 21 heavy (non-hydrogen) atoms. The summed E-state index contributed by atoms with van der Waals surface area (Å²) in [6.07, 6.45) is -0.733. The first kappa shape index (κ1) is 16.7. The summed E-state index contributed by atoms with van der Waals surface area (Å²) in [5, 5.41) is 19.7. The van der Waals surface area contributed by atoms with Gasteiger partial charge in [-0.05, 0) is 13.8 Å². The minimum atomic E-state index is -1.54. The van der Waals surface area contributed by atoms with Crippen LogP contribution < -0.4 is 5.32 Å². The number of carbonyl (C=O) groups excluding carboxylic acids is 2. The largest absolute Gasteiger partial charge is 0.481 e. The van der Waals surface area contributed by atoms with E-state index >= 15 is 0 Å². The molecule has 1 rings (SSSR count). The number of hydrogen-bond acceptors (Lipinski definition) is 4. The molecule has 0 radical (unpaired) electrons. The predicted octanol–water partition coefficient (Wildman–Crippen LogP) is -0.823. The van der Waals surface area contributed by atoms with Crippen LogP contribution >= 0.6 is 0 Å². The van der Waals surface area contributed by atoms with E-state index < -0.39 is 36.0 Å². The molecule has 0 aromatic heterocycles. The third kappa shape index (κ3) is 3.61. The molecule has 1 unspecified atom stereocenters. The van der Waals surface area contributed by atoms with Crippen molar-refractivity contribution in [2.75, 3.05) is 20.1 Å². The molecule has 118 valence electrons. The van der Waals surface area contributed by atoms with Crippen molar-refractivity contribution in [2.24, 2.45) is 0 Å². The van der Waals surface area contributed by atoms with Crippen molar-refractivity contribution < 1.29 is 29.4 Å². The third-order valence-corrected chi connectivity index (χ3v) is 3.42. The van der Waals surface area contributed by atoms with Crippen molar-refractivity contribution >= 4 is 23.9 Å². The topological polar surface area (TPSA) is 127 Å². The Labute approximate surface area is 121 Å². The third-order valence-electron chi connectivity index (χ3n) is 3.42. The minimum absolute atomic E-state index is 0.237. The van der Waals surface area contributed by atoms with Crippen LogP contribution in [0.5, 0.6) is 0 Å². The first-order valence-corrected chi connectivity index (χ1v) is 6.35. The van der Waals surface area contributed by atoms with Crippen molar-refractivity contribution in [3.05, 3.63) is 0 Å². The van der Waals surface area contributed by atoms with E-state index in [2.05, 4.69) is 5.32 Å². The molecule has 1 aliphatic rings. The first-order chi connectivity index (χ1) is 9.57. The smallest absolute Gasteiger partial charge is 0.326 e. The van der Waals surface area contributed by atoms with E-state index in [0.29, 0.717) is 6.54 Å². The lowest BCUT2D eigenvalue weighted by molar-refractivity contribution is -0.146. The number of aliphatic carboxylic acids is 2. The van der Waals surface area contributed by atoms with Crippen molar-refractivity contribution in [3.63, 3.8) is 0 Å². The zero-order valence-corrected chi connectivity index (χ0v) is 12.1. The number of carboxylic acids is 2. The van der Waals surface area contributed by atoms with Gasteiger partial charge in [0.2, 0.25) is 5.91 Å². The number of likely N-dealkylation sites (N-methyl/N-ethyl adjacent to an activating group) is 1. The van der Waals surface area contributed by atoms with Crippen molar-refractivity contribution in [1.82, 2.24) is 15.1 Å². The molecule has 1 atom stereocenters. The van der Waals surface area contributed by atoms with E-state index in [4.69, 9.17) is 10.2 Å². The summed E-state index contributed by atoms with van der Waals surface area (Å²) in [4.78, 5) is 48.5. The second kappa shape index (κ2) is 5.98. The minimum Gasteiger partial charge on any atom is -0.481 e. The molecule has 0 saturated carbocycles. The molecule has 0 aromatic carbocycles. The van der Waals surface area contributed by atoms with E-state index in [1.54, 1.807) is 20.9 Å². The Bertz CT molecular complexity index is 476. The summed E-state index contributed by atoms with van der Waals surface area (Å²) in [7, 11) is 1.61. The fourth-order valence-corrected chi connectivity index (χ4v) is 2.17. The van der Waals surface area contributed by atoms with Crippen LogP contribution in [0.2, 0.25) is 0 Å². The van der Waals surface area contributed by atoms with Crippen LogP contribution in [-0.4, -0.2) is 75.6 Å². The summed E-state index contributed by atoms with van der Waals surface area (Å²) in [5.41, 5.74) is -1.12. The highest BCUT2D eigenvalue weighted by molar-refractivity contribution is 5.93. The van der Waals surface area contributed by atoms with Gasteiger partial charge >= 0.3 is 18.0 Å². The second-order valence-corrected chi connectivity index (χ2v) is 5.38. The van der Waals surface area contributed by atoms with Crippen LogP contribution in [-0.2, 0) is 14.4 Å². The first-order valence-electron chi connectivity index (χ1n) is 6.35. The SMILES string of the molecule is CN1CCN(C(=O)NC(CC(=O)O)C(=O)O)C(C)(C)C1=O. The van der Waals surface area contributed by atoms with E-state index in [0.717, 1.165) is 0 Å². The summed E-state index contributed by atoms with van der Waals surface area (Å²) in [6.45, 7) is 3.67. The van der Waals surface area contributed by atoms with Crippen molar-refractivity contribution in [3.8, 4) is 0 Å². The summed E-state index contributed by atoms with van der Waals surface area (Å²) >= 11 is 0. The van der Waals surface area contributed by atoms with Gasteiger partial charge in [-0.3, -0.25) is 9.59 Å². The number of piperazine rings is 1. The molecule has 0 bridgehead atoms. The number of amides is 3. The van der Waals surface area contributed by atoms with Gasteiger partial charge in [0.05, 0.1) is 6.42 Å². The molecule has 0 aliphatic carbocycles. The summed E-state index contributed by atoms with van der Waals surface area (Å²) < 4.78 is 0. The average Bonchev–Trinajstić information content (AvgIpc) is 2.34. The van der Waals surface area contributed by atoms with Gasteiger partial charge in [-0.15, -0.1) is 0 Å². The van der Waals surface area contributed by atoms with Crippen molar-refractivity contribution in [2.45, 2.75) is 31.8 Å². The fraction of sp³-hybridized carbons (Fsp3) is 0.667. The number of nitrogens with zero attached hydrogens (tertiary/aromatic N) is 2. The monoisotopic (exact) mass is 301 g/mol. The summed E-state index contributed by atoms with van der Waals surface area (Å²) in [6, 6.07) is -2.31. The summed E-state index contributed by atoms with van der Waals surface area (Å²) in [5.74, 6) is -3.05. The highest BCUT2D eigenvalue weighted by Gasteiger charge is 2.43. The zero-order chi connectivity index (χ0) is 16.4. The number of nitrogens with one attached hydrogen (secondary N) is 1. The quantitative estimate of drug-likeness (QED) is 0.622. The van der Waals surface area contributed by atoms with Gasteiger partial charge in [-0.25, -0.2) is 9.59 Å². The Balaban J connectivity index is 2.85.